The van der Waals surface area contributed by atoms with E-state index in [-0.39, 0.29) is 5.91 Å². The number of anilines is 1. The van der Waals surface area contributed by atoms with Gasteiger partial charge in [-0.3, -0.25) is 9.78 Å². The van der Waals surface area contributed by atoms with E-state index in [4.69, 9.17) is 9.47 Å². The van der Waals surface area contributed by atoms with E-state index in [1.165, 1.54) is 0 Å². The summed E-state index contributed by atoms with van der Waals surface area (Å²) >= 11 is 0. The lowest BCUT2D eigenvalue weighted by atomic mass is 9.97. The molecule has 0 aliphatic carbocycles. The molecule has 1 N–H and O–H groups in total. The minimum absolute atomic E-state index is 0.220. The molecule has 5 nitrogen and oxygen atoms in total. The van der Waals surface area contributed by atoms with Crippen molar-refractivity contribution in [3.05, 3.63) is 90.3 Å². The fourth-order valence-corrected chi connectivity index (χ4v) is 2.62. The summed E-state index contributed by atoms with van der Waals surface area (Å²) in [5.74, 6) is 1.30. The van der Waals surface area contributed by atoms with Crippen LogP contribution in [0.3, 0.4) is 0 Å². The standard InChI is InChI=1S/C22H20N2O3/c1-26-19-7-3-16(4-8-19)21(17-5-9-20(27-2)10-6-17)15-22(25)24-18-11-13-23-14-12-18/h3-15H,1-2H3,(H,23,24,25). The van der Waals surface area contributed by atoms with Gasteiger partial charge in [0.1, 0.15) is 11.5 Å². The lowest BCUT2D eigenvalue weighted by Crippen LogP contribution is -2.09. The molecule has 1 heterocycles. The van der Waals surface area contributed by atoms with Crippen molar-refractivity contribution in [3.8, 4) is 11.5 Å². The first-order valence-corrected chi connectivity index (χ1v) is 8.41. The van der Waals surface area contributed by atoms with Crippen LogP contribution in [-0.2, 0) is 4.79 Å². The van der Waals surface area contributed by atoms with Crippen molar-refractivity contribution in [2.24, 2.45) is 0 Å². The van der Waals surface area contributed by atoms with Gasteiger partial charge in [-0.25, -0.2) is 0 Å². The summed E-state index contributed by atoms with van der Waals surface area (Å²) in [7, 11) is 3.24. The summed E-state index contributed by atoms with van der Waals surface area (Å²) in [5, 5.41) is 2.85. The quantitative estimate of drug-likeness (QED) is 0.670. The predicted octanol–water partition coefficient (Wildman–Crippen LogP) is 4.17. The number of methoxy groups -OCH3 is 2. The number of carbonyl (C=O) groups is 1. The highest BCUT2D eigenvalue weighted by Gasteiger charge is 2.09. The summed E-state index contributed by atoms with van der Waals surface area (Å²) in [5.41, 5.74) is 3.30. The second-order valence-corrected chi connectivity index (χ2v) is 5.74. The maximum Gasteiger partial charge on any atom is 0.249 e. The first kappa shape index (κ1) is 18.2. The van der Waals surface area contributed by atoms with E-state index in [1.54, 1.807) is 44.8 Å². The Morgan fingerprint density at radius 2 is 1.30 bits per heavy atom. The van der Waals surface area contributed by atoms with Crippen LogP contribution in [0.5, 0.6) is 11.5 Å². The molecule has 0 saturated heterocycles. The van der Waals surface area contributed by atoms with E-state index in [2.05, 4.69) is 10.3 Å². The lowest BCUT2D eigenvalue weighted by molar-refractivity contribution is -0.111. The Bertz CT molecular complexity index is 869. The van der Waals surface area contributed by atoms with Gasteiger partial charge in [0, 0.05) is 24.2 Å². The van der Waals surface area contributed by atoms with Gasteiger partial charge in [-0.1, -0.05) is 24.3 Å². The number of amides is 1. The third kappa shape index (κ3) is 4.73. The molecule has 0 saturated carbocycles. The van der Waals surface area contributed by atoms with Crippen molar-refractivity contribution in [3.63, 3.8) is 0 Å². The van der Waals surface area contributed by atoms with E-state index < -0.39 is 0 Å². The van der Waals surface area contributed by atoms with E-state index in [1.807, 2.05) is 48.5 Å². The van der Waals surface area contributed by atoms with E-state index in [0.717, 1.165) is 28.2 Å². The summed E-state index contributed by atoms with van der Waals surface area (Å²) < 4.78 is 10.4. The van der Waals surface area contributed by atoms with Gasteiger partial charge in [0.05, 0.1) is 14.2 Å². The van der Waals surface area contributed by atoms with Gasteiger partial charge in [-0.15, -0.1) is 0 Å². The van der Waals surface area contributed by atoms with Gasteiger partial charge in [-0.05, 0) is 53.1 Å². The summed E-state index contributed by atoms with van der Waals surface area (Å²) in [6, 6.07) is 18.7. The van der Waals surface area contributed by atoms with Crippen LogP contribution in [0.2, 0.25) is 0 Å². The second-order valence-electron chi connectivity index (χ2n) is 5.74. The normalized spacial score (nSPS) is 10.0. The van der Waals surface area contributed by atoms with Crippen molar-refractivity contribution in [2.45, 2.75) is 0 Å². The Labute approximate surface area is 158 Å². The van der Waals surface area contributed by atoms with Crippen LogP contribution in [0.25, 0.3) is 5.57 Å². The van der Waals surface area contributed by atoms with E-state index in [9.17, 15) is 4.79 Å². The molecule has 0 spiro atoms. The number of rotatable bonds is 6. The van der Waals surface area contributed by atoms with Crippen LogP contribution >= 0.6 is 0 Å². The highest BCUT2D eigenvalue weighted by atomic mass is 16.5. The molecule has 3 aromatic rings. The number of nitrogens with zero attached hydrogens (tertiary/aromatic N) is 1. The molecule has 0 bridgehead atoms. The lowest BCUT2D eigenvalue weighted by Gasteiger charge is -2.11. The number of ether oxygens (including phenoxy) is 2. The van der Waals surface area contributed by atoms with E-state index in [0.29, 0.717) is 5.69 Å². The third-order valence-corrected chi connectivity index (χ3v) is 4.03. The summed E-state index contributed by atoms with van der Waals surface area (Å²) in [6.45, 7) is 0. The SMILES string of the molecule is COc1ccc(C(=CC(=O)Nc2ccncc2)c2ccc(OC)cc2)cc1. The molecule has 5 heteroatoms. The zero-order valence-electron chi connectivity index (χ0n) is 15.2. The largest absolute Gasteiger partial charge is 0.497 e. The van der Waals surface area contributed by atoms with Crippen molar-refractivity contribution in [1.29, 1.82) is 0 Å². The van der Waals surface area contributed by atoms with Crippen LogP contribution < -0.4 is 14.8 Å². The van der Waals surface area contributed by atoms with Crippen LogP contribution in [-0.4, -0.2) is 25.1 Å². The van der Waals surface area contributed by atoms with Crippen molar-refractivity contribution in [1.82, 2.24) is 4.98 Å². The molecule has 1 aromatic heterocycles. The topological polar surface area (TPSA) is 60.5 Å². The summed E-state index contributed by atoms with van der Waals surface area (Å²) in [4.78, 5) is 16.5. The molecule has 136 valence electrons. The molecule has 0 radical (unpaired) electrons. The zero-order chi connectivity index (χ0) is 19.1. The van der Waals surface area contributed by atoms with Crippen molar-refractivity contribution >= 4 is 17.2 Å². The van der Waals surface area contributed by atoms with Gasteiger partial charge < -0.3 is 14.8 Å². The van der Waals surface area contributed by atoms with Gasteiger partial charge in [-0.2, -0.15) is 0 Å². The number of carbonyl (C=O) groups excluding carboxylic acids is 1. The van der Waals surface area contributed by atoms with Gasteiger partial charge in [0.25, 0.3) is 0 Å². The smallest absolute Gasteiger partial charge is 0.249 e. The monoisotopic (exact) mass is 360 g/mol. The third-order valence-electron chi connectivity index (χ3n) is 4.03. The van der Waals surface area contributed by atoms with E-state index >= 15 is 0 Å². The molecular weight excluding hydrogens is 340 g/mol. The highest BCUT2D eigenvalue weighted by Crippen LogP contribution is 2.27. The molecule has 0 fully saturated rings. The number of aromatic nitrogens is 1. The maximum absolute atomic E-state index is 12.6. The van der Waals surface area contributed by atoms with Crippen molar-refractivity contribution < 1.29 is 14.3 Å². The molecule has 0 aliphatic rings. The molecular formula is C22H20N2O3. The molecule has 1 amide bonds. The average Bonchev–Trinajstić information content (AvgIpc) is 2.73. The zero-order valence-corrected chi connectivity index (χ0v) is 15.2. The van der Waals surface area contributed by atoms with Crippen LogP contribution in [0.4, 0.5) is 5.69 Å². The Balaban J connectivity index is 1.95. The van der Waals surface area contributed by atoms with Crippen molar-refractivity contribution in [2.75, 3.05) is 19.5 Å². The second kappa shape index (κ2) is 8.67. The van der Waals surface area contributed by atoms with Gasteiger partial charge >= 0.3 is 0 Å². The summed E-state index contributed by atoms with van der Waals surface area (Å²) in [6.07, 6.45) is 4.85. The van der Waals surface area contributed by atoms with Crippen LogP contribution in [0, 0.1) is 0 Å². The average molecular weight is 360 g/mol. The minimum atomic E-state index is -0.220. The first-order valence-electron chi connectivity index (χ1n) is 8.41. The fourth-order valence-electron chi connectivity index (χ4n) is 2.62. The fraction of sp³-hybridized carbons (Fsp3) is 0.0909. The molecule has 0 unspecified atom stereocenters. The molecule has 3 rings (SSSR count). The Morgan fingerprint density at radius 1 is 0.815 bits per heavy atom. The highest BCUT2D eigenvalue weighted by molar-refractivity contribution is 6.06. The van der Waals surface area contributed by atoms with Gasteiger partial charge in [0.15, 0.2) is 0 Å². The molecule has 27 heavy (non-hydrogen) atoms. The first-order chi connectivity index (χ1) is 13.2. The number of nitrogens with one attached hydrogen (secondary N) is 1. The Morgan fingerprint density at radius 3 is 1.74 bits per heavy atom. The van der Waals surface area contributed by atoms with Gasteiger partial charge in [0.2, 0.25) is 5.91 Å². The number of hydrogen-bond donors (Lipinski definition) is 1. The minimum Gasteiger partial charge on any atom is -0.497 e. The Kier molecular flexibility index (Phi) is 5.84. The van der Waals surface area contributed by atoms with Crippen LogP contribution in [0.15, 0.2) is 79.1 Å². The Hall–Kier alpha value is -3.60. The molecule has 2 aromatic carbocycles. The predicted molar refractivity (Wildman–Crippen MR) is 106 cm³/mol. The molecule has 0 aliphatic heterocycles. The number of pyridine rings is 1. The molecule has 0 atom stereocenters. The maximum atomic E-state index is 12.6. The number of benzene rings is 2. The van der Waals surface area contributed by atoms with Crippen LogP contribution in [0.1, 0.15) is 11.1 Å². The number of hydrogen-bond acceptors (Lipinski definition) is 4.